The average Bonchev–Trinajstić information content (AvgIpc) is 2.41. The van der Waals surface area contributed by atoms with Gasteiger partial charge in [0.2, 0.25) is 0 Å². The number of aromatic hydroxyl groups is 1. The minimum absolute atomic E-state index is 0.332. The quantitative estimate of drug-likeness (QED) is 0.844. The predicted molar refractivity (Wildman–Crippen MR) is 76.0 cm³/mol. The second kappa shape index (κ2) is 5.72. The maximum absolute atomic E-state index is 9.27. The molecule has 1 N–H and O–H groups in total. The molecule has 0 aliphatic heterocycles. The summed E-state index contributed by atoms with van der Waals surface area (Å²) in [6.45, 7) is 4.42. The van der Waals surface area contributed by atoms with E-state index in [2.05, 4.69) is 38.1 Å². The zero-order valence-electron chi connectivity index (χ0n) is 11.1. The Hall–Kier alpha value is -1.76. The van der Waals surface area contributed by atoms with Gasteiger partial charge in [0.25, 0.3) is 0 Å². The zero-order valence-corrected chi connectivity index (χ0v) is 11.1. The lowest BCUT2D eigenvalue weighted by Gasteiger charge is -2.12. The van der Waals surface area contributed by atoms with Crippen molar-refractivity contribution < 1.29 is 5.11 Å². The summed E-state index contributed by atoms with van der Waals surface area (Å²) in [6, 6.07) is 16.4. The summed E-state index contributed by atoms with van der Waals surface area (Å²) in [6.07, 6.45) is 2.10. The number of aryl methyl sites for hydroxylation is 1. The van der Waals surface area contributed by atoms with Crippen LogP contribution in [0.4, 0.5) is 0 Å². The predicted octanol–water partition coefficient (Wildman–Crippen LogP) is 4.30. The third-order valence-corrected chi connectivity index (χ3v) is 3.44. The topological polar surface area (TPSA) is 20.2 Å². The molecular weight excluding hydrogens is 220 g/mol. The molecule has 94 valence electrons. The molecule has 2 aromatic carbocycles. The van der Waals surface area contributed by atoms with Gasteiger partial charge in [-0.3, -0.25) is 0 Å². The van der Waals surface area contributed by atoms with Crippen LogP contribution < -0.4 is 0 Å². The van der Waals surface area contributed by atoms with Crippen LogP contribution in [0.5, 0.6) is 5.75 Å². The first-order valence-electron chi connectivity index (χ1n) is 6.55. The second-order valence-electron chi connectivity index (χ2n) is 4.87. The molecule has 1 nitrogen and oxygen atoms in total. The highest BCUT2D eigenvalue weighted by atomic mass is 16.3. The lowest BCUT2D eigenvalue weighted by Crippen LogP contribution is -1.98. The summed E-state index contributed by atoms with van der Waals surface area (Å²) in [5.41, 5.74) is 4.02. The van der Waals surface area contributed by atoms with E-state index in [0.717, 1.165) is 12.8 Å². The molecule has 1 atom stereocenters. The van der Waals surface area contributed by atoms with Gasteiger partial charge in [-0.2, -0.15) is 0 Å². The van der Waals surface area contributed by atoms with Gasteiger partial charge in [-0.15, -0.1) is 0 Å². The Kier molecular flexibility index (Phi) is 4.03. The molecule has 0 aromatic heterocycles. The van der Waals surface area contributed by atoms with E-state index < -0.39 is 0 Å². The summed E-state index contributed by atoms with van der Waals surface area (Å²) in [4.78, 5) is 0. The largest absolute Gasteiger partial charge is 0.508 e. The van der Waals surface area contributed by atoms with Crippen molar-refractivity contribution in [2.75, 3.05) is 0 Å². The minimum atomic E-state index is 0.332. The highest BCUT2D eigenvalue weighted by Gasteiger charge is 2.06. The third kappa shape index (κ3) is 3.13. The van der Waals surface area contributed by atoms with Crippen molar-refractivity contribution in [3.63, 3.8) is 0 Å². The maximum atomic E-state index is 9.27. The van der Waals surface area contributed by atoms with Crippen LogP contribution in [-0.4, -0.2) is 5.11 Å². The molecule has 0 fully saturated rings. The van der Waals surface area contributed by atoms with E-state index in [-0.39, 0.29) is 0 Å². The van der Waals surface area contributed by atoms with Crippen LogP contribution in [-0.2, 0) is 12.8 Å². The molecule has 0 heterocycles. The summed E-state index contributed by atoms with van der Waals surface area (Å²) in [5.74, 6) is 0.833. The van der Waals surface area contributed by atoms with Crippen LogP contribution >= 0.6 is 0 Å². The Bertz CT molecular complexity index is 482. The highest BCUT2D eigenvalue weighted by Crippen LogP contribution is 2.22. The first-order chi connectivity index (χ1) is 8.69. The summed E-state index contributed by atoms with van der Waals surface area (Å²) < 4.78 is 0. The van der Waals surface area contributed by atoms with E-state index in [9.17, 15) is 5.11 Å². The normalized spacial score (nSPS) is 12.3. The van der Waals surface area contributed by atoms with Crippen molar-refractivity contribution in [3.8, 4) is 5.75 Å². The first kappa shape index (κ1) is 12.7. The molecule has 2 aromatic rings. The van der Waals surface area contributed by atoms with Crippen LogP contribution in [0.2, 0.25) is 0 Å². The van der Waals surface area contributed by atoms with Crippen molar-refractivity contribution in [1.82, 2.24) is 0 Å². The monoisotopic (exact) mass is 240 g/mol. The molecule has 0 saturated carbocycles. The molecule has 0 aliphatic carbocycles. The van der Waals surface area contributed by atoms with Gasteiger partial charge >= 0.3 is 0 Å². The fourth-order valence-electron chi connectivity index (χ4n) is 2.19. The van der Waals surface area contributed by atoms with Gasteiger partial charge in [0, 0.05) is 0 Å². The lowest BCUT2D eigenvalue weighted by atomic mass is 9.93. The average molecular weight is 240 g/mol. The van der Waals surface area contributed by atoms with Gasteiger partial charge in [-0.05, 0) is 47.6 Å². The van der Waals surface area contributed by atoms with Crippen molar-refractivity contribution in [3.05, 3.63) is 65.2 Å². The van der Waals surface area contributed by atoms with Gasteiger partial charge < -0.3 is 5.11 Å². The standard InChI is InChI=1S/C17H20O/c1-3-14-4-8-16(9-5-14)13(2)12-15-6-10-17(18)11-7-15/h4-11,13,18H,3,12H2,1-2H3. The van der Waals surface area contributed by atoms with Crippen molar-refractivity contribution >= 4 is 0 Å². The fraction of sp³-hybridized carbons (Fsp3) is 0.294. The lowest BCUT2D eigenvalue weighted by molar-refractivity contribution is 0.475. The zero-order chi connectivity index (χ0) is 13.0. The summed E-state index contributed by atoms with van der Waals surface area (Å²) in [7, 11) is 0. The van der Waals surface area contributed by atoms with Crippen LogP contribution in [0.1, 0.15) is 36.5 Å². The molecule has 0 amide bonds. The number of phenols is 1. The molecule has 0 bridgehead atoms. The van der Waals surface area contributed by atoms with E-state index >= 15 is 0 Å². The molecule has 1 heteroatoms. The molecular formula is C17H20O. The van der Waals surface area contributed by atoms with Gasteiger partial charge in [-0.25, -0.2) is 0 Å². The smallest absolute Gasteiger partial charge is 0.115 e. The second-order valence-corrected chi connectivity index (χ2v) is 4.87. The Labute approximate surface area is 109 Å². The van der Waals surface area contributed by atoms with E-state index in [1.54, 1.807) is 12.1 Å². The van der Waals surface area contributed by atoms with Gasteiger partial charge in [0.1, 0.15) is 5.75 Å². The van der Waals surface area contributed by atoms with Gasteiger partial charge in [0.15, 0.2) is 0 Å². The van der Waals surface area contributed by atoms with Gasteiger partial charge in [-0.1, -0.05) is 50.2 Å². The molecule has 0 spiro atoms. The van der Waals surface area contributed by atoms with Gasteiger partial charge in [0.05, 0.1) is 0 Å². The first-order valence-corrected chi connectivity index (χ1v) is 6.55. The maximum Gasteiger partial charge on any atom is 0.115 e. The van der Waals surface area contributed by atoms with E-state index in [0.29, 0.717) is 11.7 Å². The third-order valence-electron chi connectivity index (χ3n) is 3.44. The minimum Gasteiger partial charge on any atom is -0.508 e. The highest BCUT2D eigenvalue weighted by molar-refractivity contribution is 5.30. The Morgan fingerprint density at radius 1 is 0.889 bits per heavy atom. The molecule has 2 rings (SSSR count). The number of benzene rings is 2. The van der Waals surface area contributed by atoms with Crippen LogP contribution in [0.15, 0.2) is 48.5 Å². The summed E-state index contributed by atoms with van der Waals surface area (Å²) in [5, 5.41) is 9.27. The van der Waals surface area contributed by atoms with Crippen molar-refractivity contribution in [2.24, 2.45) is 0 Å². The van der Waals surface area contributed by atoms with E-state index in [4.69, 9.17) is 0 Å². The van der Waals surface area contributed by atoms with Crippen LogP contribution in [0, 0.1) is 0 Å². The number of hydrogen-bond donors (Lipinski definition) is 1. The molecule has 0 saturated heterocycles. The Morgan fingerprint density at radius 2 is 1.44 bits per heavy atom. The number of hydrogen-bond acceptors (Lipinski definition) is 1. The van der Waals surface area contributed by atoms with Crippen LogP contribution in [0.25, 0.3) is 0 Å². The Morgan fingerprint density at radius 3 is 2.00 bits per heavy atom. The molecule has 0 radical (unpaired) electrons. The van der Waals surface area contributed by atoms with Crippen molar-refractivity contribution in [2.45, 2.75) is 32.6 Å². The number of phenolic OH excluding ortho intramolecular Hbond substituents is 1. The molecule has 0 aliphatic rings. The number of rotatable bonds is 4. The Balaban J connectivity index is 2.06. The summed E-state index contributed by atoms with van der Waals surface area (Å²) >= 11 is 0. The van der Waals surface area contributed by atoms with Crippen LogP contribution in [0.3, 0.4) is 0 Å². The van der Waals surface area contributed by atoms with E-state index in [1.807, 2.05) is 12.1 Å². The molecule has 18 heavy (non-hydrogen) atoms. The SMILES string of the molecule is CCc1ccc(C(C)Cc2ccc(O)cc2)cc1. The van der Waals surface area contributed by atoms with Crippen molar-refractivity contribution in [1.29, 1.82) is 0 Å². The van der Waals surface area contributed by atoms with E-state index in [1.165, 1.54) is 16.7 Å². The molecule has 1 unspecified atom stereocenters. The fourth-order valence-corrected chi connectivity index (χ4v) is 2.19.